The molecule has 1 aromatic rings. The first-order chi connectivity index (χ1) is 6.24. The second kappa shape index (κ2) is 4.69. The van der Waals surface area contributed by atoms with Gasteiger partial charge in [-0.25, -0.2) is 10.8 Å². The van der Waals surface area contributed by atoms with Gasteiger partial charge in [-0.05, 0) is 11.6 Å². The fourth-order valence-electron chi connectivity index (χ4n) is 0.843. The van der Waals surface area contributed by atoms with Crippen LogP contribution in [0.3, 0.4) is 0 Å². The van der Waals surface area contributed by atoms with Crippen molar-refractivity contribution in [3.8, 4) is 0 Å². The Labute approximate surface area is 81.6 Å². The molecule has 0 aliphatic rings. The number of nitrogens with zero attached hydrogens (tertiary/aromatic N) is 1. The number of rotatable bonds is 2. The van der Waals surface area contributed by atoms with Gasteiger partial charge in [0.1, 0.15) is 0 Å². The van der Waals surface area contributed by atoms with E-state index in [0.29, 0.717) is 11.6 Å². The minimum absolute atomic E-state index is 0.194. The molecular formula is C8H11ClN4. The molecule has 0 saturated heterocycles. The Morgan fingerprint density at radius 2 is 2.15 bits per heavy atom. The van der Waals surface area contributed by atoms with Gasteiger partial charge in [-0.1, -0.05) is 29.8 Å². The molecule has 0 aromatic heterocycles. The van der Waals surface area contributed by atoms with Gasteiger partial charge < -0.3 is 5.73 Å². The van der Waals surface area contributed by atoms with Crippen LogP contribution in [0.1, 0.15) is 5.56 Å². The fourth-order valence-corrected chi connectivity index (χ4v) is 1.04. The first kappa shape index (κ1) is 9.83. The Morgan fingerprint density at radius 3 is 2.77 bits per heavy atom. The Balaban J connectivity index is 2.70. The van der Waals surface area contributed by atoms with Crippen molar-refractivity contribution in [1.29, 1.82) is 0 Å². The smallest absolute Gasteiger partial charge is 0.203 e. The van der Waals surface area contributed by atoms with E-state index < -0.39 is 0 Å². The van der Waals surface area contributed by atoms with Crippen LogP contribution in [0.15, 0.2) is 29.3 Å². The van der Waals surface area contributed by atoms with Crippen molar-refractivity contribution in [2.75, 3.05) is 0 Å². The van der Waals surface area contributed by atoms with Gasteiger partial charge in [0.2, 0.25) is 5.96 Å². The number of nitrogens with one attached hydrogen (secondary N) is 1. The molecule has 0 aliphatic heterocycles. The zero-order valence-corrected chi connectivity index (χ0v) is 7.75. The van der Waals surface area contributed by atoms with E-state index in [0.717, 1.165) is 5.56 Å². The van der Waals surface area contributed by atoms with E-state index in [1.165, 1.54) is 0 Å². The van der Waals surface area contributed by atoms with Crippen molar-refractivity contribution < 1.29 is 0 Å². The highest BCUT2D eigenvalue weighted by Crippen LogP contribution is 2.15. The average molecular weight is 199 g/mol. The lowest BCUT2D eigenvalue weighted by atomic mass is 10.2. The highest BCUT2D eigenvalue weighted by molar-refractivity contribution is 6.31. The summed E-state index contributed by atoms with van der Waals surface area (Å²) in [5.74, 6) is 5.23. The van der Waals surface area contributed by atoms with Gasteiger partial charge in [-0.2, -0.15) is 0 Å². The van der Waals surface area contributed by atoms with Crippen LogP contribution in [0.5, 0.6) is 0 Å². The van der Waals surface area contributed by atoms with Crippen LogP contribution in [0.4, 0.5) is 0 Å². The Kier molecular flexibility index (Phi) is 3.54. The van der Waals surface area contributed by atoms with Crippen molar-refractivity contribution in [3.63, 3.8) is 0 Å². The zero-order chi connectivity index (χ0) is 9.68. The molecule has 0 saturated carbocycles. The molecule has 5 heteroatoms. The lowest BCUT2D eigenvalue weighted by Gasteiger charge is -2.01. The third kappa shape index (κ3) is 2.93. The molecule has 0 aliphatic carbocycles. The van der Waals surface area contributed by atoms with Crippen LogP contribution >= 0.6 is 11.6 Å². The molecule has 0 fully saturated rings. The molecule has 70 valence electrons. The molecule has 0 bridgehead atoms. The molecule has 5 N–H and O–H groups in total. The highest BCUT2D eigenvalue weighted by atomic mass is 35.5. The molecule has 0 radical (unpaired) electrons. The SMILES string of the molecule is NNC(N)=NCc1ccccc1Cl. The minimum atomic E-state index is 0.194. The van der Waals surface area contributed by atoms with Crippen LogP contribution in [0, 0.1) is 0 Å². The number of guanidine groups is 1. The Bertz CT molecular complexity index is 311. The summed E-state index contributed by atoms with van der Waals surface area (Å²) < 4.78 is 0. The molecular weight excluding hydrogens is 188 g/mol. The number of halogens is 1. The molecule has 0 unspecified atom stereocenters. The van der Waals surface area contributed by atoms with Gasteiger partial charge >= 0.3 is 0 Å². The number of hydrogen-bond donors (Lipinski definition) is 3. The largest absolute Gasteiger partial charge is 0.369 e. The predicted molar refractivity (Wildman–Crippen MR) is 54.1 cm³/mol. The van der Waals surface area contributed by atoms with Gasteiger partial charge in [0.25, 0.3) is 0 Å². The summed E-state index contributed by atoms with van der Waals surface area (Å²) >= 11 is 5.89. The summed E-state index contributed by atoms with van der Waals surface area (Å²) in [6, 6.07) is 7.44. The summed E-state index contributed by atoms with van der Waals surface area (Å²) in [5.41, 5.74) is 8.50. The van der Waals surface area contributed by atoms with Crippen molar-refractivity contribution in [1.82, 2.24) is 5.43 Å². The molecule has 4 nitrogen and oxygen atoms in total. The predicted octanol–water partition coefficient (Wildman–Crippen LogP) is 0.618. The van der Waals surface area contributed by atoms with Crippen LogP contribution in [-0.4, -0.2) is 5.96 Å². The summed E-state index contributed by atoms with van der Waals surface area (Å²) in [7, 11) is 0. The van der Waals surface area contributed by atoms with E-state index in [2.05, 4.69) is 10.4 Å². The maximum Gasteiger partial charge on any atom is 0.203 e. The van der Waals surface area contributed by atoms with Gasteiger partial charge in [-0.3, -0.25) is 5.43 Å². The van der Waals surface area contributed by atoms with Crippen molar-refractivity contribution in [3.05, 3.63) is 34.9 Å². The second-order valence-electron chi connectivity index (χ2n) is 2.44. The topological polar surface area (TPSA) is 76.4 Å². The van der Waals surface area contributed by atoms with Gasteiger partial charge in [0, 0.05) is 5.02 Å². The Morgan fingerprint density at radius 1 is 1.46 bits per heavy atom. The number of aliphatic imine (C=N–C) groups is 1. The summed E-state index contributed by atoms with van der Waals surface area (Å²) in [6.45, 7) is 0.426. The van der Waals surface area contributed by atoms with E-state index >= 15 is 0 Å². The van der Waals surface area contributed by atoms with E-state index in [9.17, 15) is 0 Å². The third-order valence-electron chi connectivity index (χ3n) is 1.53. The van der Waals surface area contributed by atoms with E-state index in [4.69, 9.17) is 23.2 Å². The van der Waals surface area contributed by atoms with Gasteiger partial charge in [0.05, 0.1) is 6.54 Å². The molecule has 0 spiro atoms. The molecule has 0 atom stereocenters. The highest BCUT2D eigenvalue weighted by Gasteiger charge is 1.96. The summed E-state index contributed by atoms with van der Waals surface area (Å²) in [4.78, 5) is 3.95. The fraction of sp³-hybridized carbons (Fsp3) is 0.125. The number of nitrogens with two attached hydrogens (primary N) is 2. The maximum absolute atomic E-state index is 5.89. The standard InChI is InChI=1S/C8H11ClN4/c9-7-4-2-1-3-6(7)5-12-8(10)13-11/h1-4H,5,11H2,(H3,10,12,13). The zero-order valence-electron chi connectivity index (χ0n) is 7.00. The molecule has 1 aromatic carbocycles. The van der Waals surface area contributed by atoms with Crippen LogP contribution in [-0.2, 0) is 6.54 Å². The Hall–Kier alpha value is -1.26. The van der Waals surface area contributed by atoms with Crippen LogP contribution < -0.4 is 17.0 Å². The van der Waals surface area contributed by atoms with E-state index in [1.54, 1.807) is 6.07 Å². The number of benzene rings is 1. The number of hydrogen-bond acceptors (Lipinski definition) is 2. The second-order valence-corrected chi connectivity index (χ2v) is 2.84. The summed E-state index contributed by atoms with van der Waals surface area (Å²) in [5, 5.41) is 0.677. The molecule has 0 heterocycles. The lowest BCUT2D eigenvalue weighted by Crippen LogP contribution is -2.37. The monoisotopic (exact) mass is 198 g/mol. The average Bonchev–Trinajstić information content (AvgIpc) is 2.16. The van der Waals surface area contributed by atoms with Gasteiger partial charge in [-0.15, -0.1) is 0 Å². The first-order valence-corrected chi connectivity index (χ1v) is 4.12. The lowest BCUT2D eigenvalue weighted by molar-refractivity contribution is 0.958. The quantitative estimate of drug-likeness (QED) is 0.282. The van der Waals surface area contributed by atoms with Crippen molar-refractivity contribution in [2.24, 2.45) is 16.6 Å². The molecule has 13 heavy (non-hydrogen) atoms. The van der Waals surface area contributed by atoms with Crippen molar-refractivity contribution in [2.45, 2.75) is 6.54 Å². The first-order valence-electron chi connectivity index (χ1n) is 3.74. The van der Waals surface area contributed by atoms with E-state index in [1.807, 2.05) is 18.2 Å². The van der Waals surface area contributed by atoms with Crippen LogP contribution in [0.25, 0.3) is 0 Å². The molecule has 1 rings (SSSR count). The normalized spacial score (nSPS) is 11.4. The maximum atomic E-state index is 5.89. The third-order valence-corrected chi connectivity index (χ3v) is 1.89. The molecule has 0 amide bonds. The summed E-state index contributed by atoms with van der Waals surface area (Å²) in [6.07, 6.45) is 0. The number of hydrazine groups is 1. The van der Waals surface area contributed by atoms with Gasteiger partial charge in [0.15, 0.2) is 0 Å². The van der Waals surface area contributed by atoms with Crippen molar-refractivity contribution >= 4 is 17.6 Å². The minimum Gasteiger partial charge on any atom is -0.369 e. The van der Waals surface area contributed by atoms with E-state index in [-0.39, 0.29) is 5.96 Å². The van der Waals surface area contributed by atoms with Crippen LogP contribution in [0.2, 0.25) is 5.02 Å².